The Balaban J connectivity index is 1.63. The quantitative estimate of drug-likeness (QED) is 0.731. The molecule has 0 bridgehead atoms. The molecule has 8 heteroatoms. The van der Waals surface area contributed by atoms with Crippen LogP contribution in [0, 0.1) is 0 Å². The van der Waals surface area contributed by atoms with Crippen molar-refractivity contribution in [2.24, 2.45) is 0 Å². The number of piperazine rings is 1. The van der Waals surface area contributed by atoms with Crippen LogP contribution in [0.2, 0.25) is 5.02 Å². The summed E-state index contributed by atoms with van der Waals surface area (Å²) in [7, 11) is -3.59. The maximum atomic E-state index is 12.7. The molecule has 3 rings (SSSR count). The highest BCUT2D eigenvalue weighted by molar-refractivity contribution is 7.89. The highest BCUT2D eigenvalue weighted by Gasteiger charge is 2.23. The third kappa shape index (κ3) is 4.73. The summed E-state index contributed by atoms with van der Waals surface area (Å²) in [5.41, 5.74) is 1.51. The smallest absolute Gasteiger partial charge is 0.253 e. The van der Waals surface area contributed by atoms with E-state index in [1.807, 2.05) is 24.3 Å². The number of amides is 1. The van der Waals surface area contributed by atoms with Crippen LogP contribution < -0.4 is 9.62 Å². The topological polar surface area (TPSA) is 69.7 Å². The summed E-state index contributed by atoms with van der Waals surface area (Å²) in [6.45, 7) is 6.24. The Hall–Kier alpha value is -2.35. The number of rotatable bonds is 6. The first kappa shape index (κ1) is 20.4. The monoisotopic (exact) mass is 419 g/mol. The minimum atomic E-state index is -3.59. The van der Waals surface area contributed by atoms with Gasteiger partial charge in [-0.25, -0.2) is 13.1 Å². The lowest BCUT2D eigenvalue weighted by Crippen LogP contribution is -2.48. The molecule has 6 nitrogen and oxygen atoms in total. The molecule has 0 aliphatic carbocycles. The van der Waals surface area contributed by atoms with Gasteiger partial charge in [0.05, 0.1) is 4.90 Å². The first-order valence-electron chi connectivity index (χ1n) is 8.91. The summed E-state index contributed by atoms with van der Waals surface area (Å²) in [5.74, 6) is -0.103. The predicted octanol–water partition coefficient (Wildman–Crippen LogP) is 2.77. The molecule has 1 heterocycles. The van der Waals surface area contributed by atoms with E-state index in [4.69, 9.17) is 11.6 Å². The fourth-order valence-electron chi connectivity index (χ4n) is 3.05. The molecule has 0 unspecified atom stereocenters. The highest BCUT2D eigenvalue weighted by atomic mass is 35.5. The SMILES string of the molecule is C=CCNS(=O)(=O)c1ccc(C(=O)N2CCN(c3cccc(Cl)c3)CC2)cc1. The average Bonchev–Trinajstić information content (AvgIpc) is 2.72. The van der Waals surface area contributed by atoms with E-state index in [1.54, 1.807) is 17.0 Å². The van der Waals surface area contributed by atoms with E-state index in [2.05, 4.69) is 16.2 Å². The third-order valence-corrected chi connectivity index (χ3v) is 6.24. The molecule has 148 valence electrons. The number of carbonyl (C=O) groups excluding carboxylic acids is 1. The molecule has 0 spiro atoms. The van der Waals surface area contributed by atoms with Crippen molar-refractivity contribution >= 4 is 33.2 Å². The van der Waals surface area contributed by atoms with Gasteiger partial charge in [0, 0.05) is 49.0 Å². The van der Waals surface area contributed by atoms with E-state index in [-0.39, 0.29) is 17.3 Å². The normalized spacial score (nSPS) is 14.8. The number of anilines is 1. The molecular weight excluding hydrogens is 398 g/mol. The first-order chi connectivity index (χ1) is 13.4. The Labute approximate surface area is 170 Å². The molecule has 1 N–H and O–H groups in total. The van der Waals surface area contributed by atoms with Crippen molar-refractivity contribution in [3.63, 3.8) is 0 Å². The molecular formula is C20H22ClN3O3S. The van der Waals surface area contributed by atoms with Crippen molar-refractivity contribution in [3.8, 4) is 0 Å². The van der Waals surface area contributed by atoms with Gasteiger partial charge in [0.15, 0.2) is 0 Å². The average molecular weight is 420 g/mol. The summed E-state index contributed by atoms with van der Waals surface area (Å²) in [5, 5.41) is 0.689. The number of hydrogen-bond acceptors (Lipinski definition) is 4. The number of benzene rings is 2. The number of nitrogens with one attached hydrogen (secondary N) is 1. The molecule has 0 aromatic heterocycles. The number of carbonyl (C=O) groups is 1. The van der Waals surface area contributed by atoms with E-state index in [0.29, 0.717) is 36.8 Å². The zero-order valence-corrected chi connectivity index (χ0v) is 16.9. The molecule has 1 saturated heterocycles. The van der Waals surface area contributed by atoms with E-state index in [9.17, 15) is 13.2 Å². The second-order valence-electron chi connectivity index (χ2n) is 6.42. The third-order valence-electron chi connectivity index (χ3n) is 4.57. The molecule has 1 amide bonds. The lowest BCUT2D eigenvalue weighted by Gasteiger charge is -2.36. The maximum absolute atomic E-state index is 12.7. The van der Waals surface area contributed by atoms with Crippen LogP contribution in [0.5, 0.6) is 0 Å². The van der Waals surface area contributed by atoms with Gasteiger partial charge < -0.3 is 9.80 Å². The molecule has 1 aliphatic rings. The number of nitrogens with zero attached hydrogens (tertiary/aromatic N) is 2. The standard InChI is InChI=1S/C20H22ClN3O3S/c1-2-10-22-28(26,27)19-8-6-16(7-9-19)20(25)24-13-11-23(12-14-24)18-5-3-4-17(21)15-18/h2-9,15,22H,1,10-14H2. The number of sulfonamides is 1. The van der Waals surface area contributed by atoms with Gasteiger partial charge in [-0.15, -0.1) is 6.58 Å². The predicted molar refractivity (Wildman–Crippen MR) is 111 cm³/mol. The Morgan fingerprint density at radius 1 is 1.11 bits per heavy atom. The minimum Gasteiger partial charge on any atom is -0.368 e. The van der Waals surface area contributed by atoms with Crippen molar-refractivity contribution in [3.05, 3.63) is 71.8 Å². The van der Waals surface area contributed by atoms with Crippen molar-refractivity contribution in [2.75, 3.05) is 37.6 Å². The van der Waals surface area contributed by atoms with Gasteiger partial charge >= 0.3 is 0 Å². The molecule has 1 aliphatic heterocycles. The molecule has 0 atom stereocenters. The Kier molecular flexibility index (Phi) is 6.39. The van der Waals surface area contributed by atoms with Gasteiger partial charge in [-0.05, 0) is 42.5 Å². The van der Waals surface area contributed by atoms with Crippen molar-refractivity contribution in [2.45, 2.75) is 4.90 Å². The van der Waals surface area contributed by atoms with Crippen LogP contribution in [-0.4, -0.2) is 51.9 Å². The van der Waals surface area contributed by atoms with Crippen LogP contribution in [0.15, 0.2) is 66.1 Å². The number of halogens is 1. The largest absolute Gasteiger partial charge is 0.368 e. The van der Waals surface area contributed by atoms with Crippen molar-refractivity contribution in [1.82, 2.24) is 9.62 Å². The zero-order chi connectivity index (χ0) is 20.1. The van der Waals surface area contributed by atoms with Gasteiger partial charge in [0.1, 0.15) is 0 Å². The summed E-state index contributed by atoms with van der Waals surface area (Å²) < 4.78 is 26.6. The molecule has 1 fully saturated rings. The second-order valence-corrected chi connectivity index (χ2v) is 8.63. The first-order valence-corrected chi connectivity index (χ1v) is 10.8. The van der Waals surface area contributed by atoms with E-state index < -0.39 is 10.0 Å². The molecule has 2 aromatic rings. The fraction of sp³-hybridized carbons (Fsp3) is 0.250. The number of hydrogen-bond donors (Lipinski definition) is 1. The molecule has 28 heavy (non-hydrogen) atoms. The Morgan fingerprint density at radius 3 is 2.39 bits per heavy atom. The lowest BCUT2D eigenvalue weighted by atomic mass is 10.1. The van der Waals surface area contributed by atoms with Crippen LogP contribution in [0.25, 0.3) is 0 Å². The van der Waals surface area contributed by atoms with E-state index in [0.717, 1.165) is 5.69 Å². The Bertz CT molecular complexity index is 953. The van der Waals surface area contributed by atoms with Crippen LogP contribution in [-0.2, 0) is 10.0 Å². The molecule has 0 saturated carbocycles. The fourth-order valence-corrected chi connectivity index (χ4v) is 4.23. The van der Waals surface area contributed by atoms with Crippen LogP contribution >= 0.6 is 11.6 Å². The molecule has 0 radical (unpaired) electrons. The maximum Gasteiger partial charge on any atom is 0.253 e. The zero-order valence-electron chi connectivity index (χ0n) is 15.3. The van der Waals surface area contributed by atoms with Crippen LogP contribution in [0.3, 0.4) is 0 Å². The van der Waals surface area contributed by atoms with Gasteiger partial charge in [-0.3, -0.25) is 4.79 Å². The minimum absolute atomic E-state index is 0.103. The molecule has 2 aromatic carbocycles. The lowest BCUT2D eigenvalue weighted by molar-refractivity contribution is 0.0746. The highest BCUT2D eigenvalue weighted by Crippen LogP contribution is 2.21. The van der Waals surface area contributed by atoms with Gasteiger partial charge in [0.2, 0.25) is 10.0 Å². The summed E-state index contributed by atoms with van der Waals surface area (Å²) in [4.78, 5) is 16.8. The van der Waals surface area contributed by atoms with Crippen LogP contribution in [0.1, 0.15) is 10.4 Å². The summed E-state index contributed by atoms with van der Waals surface area (Å²) in [6.07, 6.45) is 1.47. The van der Waals surface area contributed by atoms with Crippen LogP contribution in [0.4, 0.5) is 5.69 Å². The Morgan fingerprint density at radius 2 is 1.79 bits per heavy atom. The van der Waals surface area contributed by atoms with E-state index in [1.165, 1.54) is 18.2 Å². The second kappa shape index (κ2) is 8.77. The van der Waals surface area contributed by atoms with Crippen molar-refractivity contribution < 1.29 is 13.2 Å². The summed E-state index contributed by atoms with van der Waals surface area (Å²) in [6, 6.07) is 13.7. The van der Waals surface area contributed by atoms with Crippen molar-refractivity contribution in [1.29, 1.82) is 0 Å². The van der Waals surface area contributed by atoms with Gasteiger partial charge in [0.25, 0.3) is 5.91 Å². The van der Waals surface area contributed by atoms with E-state index >= 15 is 0 Å². The van der Waals surface area contributed by atoms with Gasteiger partial charge in [-0.1, -0.05) is 23.7 Å². The summed E-state index contributed by atoms with van der Waals surface area (Å²) >= 11 is 6.05. The van der Waals surface area contributed by atoms with Gasteiger partial charge in [-0.2, -0.15) is 0 Å².